The van der Waals surface area contributed by atoms with Gasteiger partial charge in [0.2, 0.25) is 0 Å². The molecule has 2 aromatic carbocycles. The fourth-order valence-corrected chi connectivity index (χ4v) is 4.01. The molecular formula is C25H21N5O3. The number of rotatable bonds is 6. The largest absolute Gasteiger partial charge is 0.481 e. The number of benzene rings is 2. The van der Waals surface area contributed by atoms with Gasteiger partial charge in [0, 0.05) is 12.0 Å². The van der Waals surface area contributed by atoms with Crippen LogP contribution < -0.4 is 5.56 Å². The maximum absolute atomic E-state index is 13.4. The minimum atomic E-state index is -0.937. The molecule has 3 aromatic heterocycles. The van der Waals surface area contributed by atoms with E-state index in [9.17, 15) is 14.7 Å². The minimum absolute atomic E-state index is 0.115. The van der Waals surface area contributed by atoms with E-state index in [4.69, 9.17) is 5.10 Å². The standard InChI is InChI=1S/C25H21N5O3/c1-16-23-20-14-19(18-10-6-3-7-11-18)28-30(20)21(12-13-22(31)32)26-24(23)25(33)29(27-16)15-17-8-4-2-5-9-17/h2-11,14H,12-13,15H2,1H3,(H,31,32). The van der Waals surface area contributed by atoms with Gasteiger partial charge in [-0.15, -0.1) is 0 Å². The Labute approximate surface area is 188 Å². The number of aliphatic carboxylic acids is 1. The fraction of sp³-hybridized carbons (Fsp3) is 0.160. The molecular weight excluding hydrogens is 418 g/mol. The normalized spacial score (nSPS) is 11.3. The van der Waals surface area contributed by atoms with Crippen LogP contribution in [0.2, 0.25) is 0 Å². The van der Waals surface area contributed by atoms with Gasteiger partial charge >= 0.3 is 5.97 Å². The van der Waals surface area contributed by atoms with Gasteiger partial charge < -0.3 is 5.11 Å². The van der Waals surface area contributed by atoms with Gasteiger partial charge in [-0.05, 0) is 18.6 Å². The Morgan fingerprint density at radius 2 is 1.70 bits per heavy atom. The Bertz CT molecular complexity index is 1540. The number of hydrogen-bond acceptors (Lipinski definition) is 5. The molecule has 0 saturated carbocycles. The maximum atomic E-state index is 13.4. The molecule has 0 amide bonds. The second-order valence-corrected chi connectivity index (χ2v) is 7.87. The van der Waals surface area contributed by atoms with Crippen LogP contribution in [0.4, 0.5) is 0 Å². The Kier molecular flexibility index (Phi) is 5.18. The number of carbonyl (C=O) groups is 1. The summed E-state index contributed by atoms with van der Waals surface area (Å²) in [4.78, 5) is 29.2. The molecule has 0 aliphatic carbocycles. The summed E-state index contributed by atoms with van der Waals surface area (Å²) in [6.45, 7) is 2.17. The van der Waals surface area contributed by atoms with E-state index in [1.54, 1.807) is 4.52 Å². The number of hydrogen-bond donors (Lipinski definition) is 1. The molecule has 5 aromatic rings. The third kappa shape index (κ3) is 3.87. The minimum Gasteiger partial charge on any atom is -0.481 e. The molecule has 8 nitrogen and oxygen atoms in total. The SMILES string of the molecule is Cc1nn(Cc2ccccc2)c(=O)c2nc(CCC(=O)O)n3nc(-c4ccccc4)cc3c12. The van der Waals surface area contributed by atoms with Crippen molar-refractivity contribution in [3.8, 4) is 11.3 Å². The smallest absolute Gasteiger partial charge is 0.303 e. The first-order valence-corrected chi connectivity index (χ1v) is 10.6. The van der Waals surface area contributed by atoms with Gasteiger partial charge in [0.15, 0.2) is 0 Å². The molecule has 0 aliphatic heterocycles. The van der Waals surface area contributed by atoms with Crippen LogP contribution in [0.25, 0.3) is 27.7 Å². The van der Waals surface area contributed by atoms with Crippen molar-refractivity contribution in [2.24, 2.45) is 0 Å². The average molecular weight is 439 g/mol. The molecule has 3 heterocycles. The lowest BCUT2D eigenvalue weighted by molar-refractivity contribution is -0.137. The van der Waals surface area contributed by atoms with Gasteiger partial charge in [0.1, 0.15) is 11.3 Å². The number of carboxylic acid groups (broad SMARTS) is 1. The summed E-state index contributed by atoms with van der Waals surface area (Å²) >= 11 is 0. The third-order valence-corrected chi connectivity index (χ3v) is 5.56. The van der Waals surface area contributed by atoms with Crippen LogP contribution >= 0.6 is 0 Å². The van der Waals surface area contributed by atoms with Crippen molar-refractivity contribution in [1.82, 2.24) is 24.4 Å². The Hall–Kier alpha value is -4.33. The van der Waals surface area contributed by atoms with Crippen molar-refractivity contribution in [2.75, 3.05) is 0 Å². The first-order chi connectivity index (χ1) is 16.0. The second-order valence-electron chi connectivity index (χ2n) is 7.87. The highest BCUT2D eigenvalue weighted by Gasteiger charge is 2.19. The lowest BCUT2D eigenvalue weighted by Crippen LogP contribution is -2.26. The van der Waals surface area contributed by atoms with E-state index in [1.165, 1.54) is 4.68 Å². The molecule has 1 N–H and O–H groups in total. The summed E-state index contributed by atoms with van der Waals surface area (Å²) < 4.78 is 3.05. The molecule has 0 fully saturated rings. The zero-order valence-corrected chi connectivity index (χ0v) is 18.0. The number of nitrogens with zero attached hydrogens (tertiary/aromatic N) is 5. The van der Waals surface area contributed by atoms with E-state index in [2.05, 4.69) is 10.1 Å². The van der Waals surface area contributed by atoms with Crippen LogP contribution in [-0.2, 0) is 17.8 Å². The lowest BCUT2D eigenvalue weighted by Gasteiger charge is -2.11. The third-order valence-electron chi connectivity index (χ3n) is 5.56. The van der Waals surface area contributed by atoms with Crippen molar-refractivity contribution >= 4 is 22.4 Å². The van der Waals surface area contributed by atoms with Crippen molar-refractivity contribution in [3.63, 3.8) is 0 Å². The van der Waals surface area contributed by atoms with Crippen LogP contribution in [-0.4, -0.2) is 35.5 Å². The highest BCUT2D eigenvalue weighted by atomic mass is 16.4. The van der Waals surface area contributed by atoms with Crippen LogP contribution in [0.15, 0.2) is 71.5 Å². The predicted molar refractivity (Wildman–Crippen MR) is 124 cm³/mol. The van der Waals surface area contributed by atoms with Crippen molar-refractivity contribution in [3.05, 3.63) is 94.2 Å². The molecule has 0 spiro atoms. The lowest BCUT2D eigenvalue weighted by atomic mass is 10.1. The Morgan fingerprint density at radius 1 is 1.00 bits per heavy atom. The van der Waals surface area contributed by atoms with Gasteiger partial charge in [-0.1, -0.05) is 60.7 Å². The molecule has 0 atom stereocenters. The van der Waals surface area contributed by atoms with Gasteiger partial charge in [0.25, 0.3) is 5.56 Å². The summed E-state index contributed by atoms with van der Waals surface area (Å²) in [5, 5.41) is 19.1. The van der Waals surface area contributed by atoms with E-state index in [0.717, 1.165) is 11.1 Å². The molecule has 0 aliphatic rings. The van der Waals surface area contributed by atoms with E-state index in [0.29, 0.717) is 34.7 Å². The number of aromatic nitrogens is 5. The predicted octanol–water partition coefficient (Wildman–Crippen LogP) is 3.48. The average Bonchev–Trinajstić information content (AvgIpc) is 3.27. The zero-order valence-electron chi connectivity index (χ0n) is 18.0. The monoisotopic (exact) mass is 439 g/mol. The summed E-state index contributed by atoms with van der Waals surface area (Å²) in [5.74, 6) is -0.510. The van der Waals surface area contributed by atoms with E-state index < -0.39 is 5.97 Å². The van der Waals surface area contributed by atoms with Gasteiger partial charge in [-0.2, -0.15) is 10.2 Å². The second kappa shape index (κ2) is 8.31. The highest BCUT2D eigenvalue weighted by molar-refractivity contribution is 5.96. The fourth-order valence-electron chi connectivity index (χ4n) is 4.01. The first-order valence-electron chi connectivity index (χ1n) is 10.6. The molecule has 0 bridgehead atoms. The molecule has 0 unspecified atom stereocenters. The van der Waals surface area contributed by atoms with Crippen molar-refractivity contribution < 1.29 is 9.90 Å². The van der Waals surface area contributed by atoms with Crippen LogP contribution in [0.3, 0.4) is 0 Å². The number of fused-ring (bicyclic) bond motifs is 3. The number of aryl methyl sites for hydroxylation is 2. The topological polar surface area (TPSA) is 102 Å². The van der Waals surface area contributed by atoms with Crippen LogP contribution in [0, 0.1) is 6.92 Å². The molecule has 0 saturated heterocycles. The van der Waals surface area contributed by atoms with E-state index in [-0.39, 0.29) is 23.9 Å². The van der Waals surface area contributed by atoms with Gasteiger partial charge in [0.05, 0.1) is 35.3 Å². The number of carboxylic acids is 1. The van der Waals surface area contributed by atoms with Gasteiger partial charge in [-0.25, -0.2) is 14.2 Å². The molecule has 5 rings (SSSR count). The summed E-state index contributed by atoms with van der Waals surface area (Å²) in [7, 11) is 0. The van der Waals surface area contributed by atoms with Crippen LogP contribution in [0.1, 0.15) is 23.5 Å². The van der Waals surface area contributed by atoms with Gasteiger partial charge in [-0.3, -0.25) is 9.59 Å². The first kappa shape index (κ1) is 20.6. The summed E-state index contributed by atoms with van der Waals surface area (Å²) in [6.07, 6.45) is 0.0353. The molecule has 0 radical (unpaired) electrons. The quantitative estimate of drug-likeness (QED) is 0.435. The highest BCUT2D eigenvalue weighted by Crippen LogP contribution is 2.26. The molecule has 8 heteroatoms. The Morgan fingerprint density at radius 3 is 2.39 bits per heavy atom. The van der Waals surface area contributed by atoms with Crippen molar-refractivity contribution in [1.29, 1.82) is 0 Å². The van der Waals surface area contributed by atoms with E-state index >= 15 is 0 Å². The summed E-state index contributed by atoms with van der Waals surface area (Å²) in [5.41, 5.74) is 3.88. The molecule has 164 valence electrons. The Balaban J connectivity index is 1.75. The molecule has 33 heavy (non-hydrogen) atoms. The van der Waals surface area contributed by atoms with E-state index in [1.807, 2.05) is 73.7 Å². The summed E-state index contributed by atoms with van der Waals surface area (Å²) in [6, 6.07) is 21.2. The van der Waals surface area contributed by atoms with Crippen molar-refractivity contribution in [2.45, 2.75) is 26.3 Å². The maximum Gasteiger partial charge on any atom is 0.303 e. The van der Waals surface area contributed by atoms with Crippen LogP contribution in [0.5, 0.6) is 0 Å². The zero-order chi connectivity index (χ0) is 22.9.